The van der Waals surface area contributed by atoms with Crippen molar-refractivity contribution in [2.24, 2.45) is 5.92 Å². The number of carbonyl (C=O) groups is 2. The van der Waals surface area contributed by atoms with Crippen molar-refractivity contribution in [3.05, 3.63) is 35.4 Å². The van der Waals surface area contributed by atoms with Crippen LogP contribution in [0.5, 0.6) is 0 Å². The number of nitrogens with one attached hydrogen (secondary N) is 2. The van der Waals surface area contributed by atoms with Crippen LogP contribution in [0.2, 0.25) is 0 Å². The zero-order chi connectivity index (χ0) is 25.3. The predicted molar refractivity (Wildman–Crippen MR) is 120 cm³/mol. The summed E-state index contributed by atoms with van der Waals surface area (Å²) in [5.41, 5.74) is 0.171. The van der Waals surface area contributed by atoms with E-state index in [2.05, 4.69) is 10.6 Å². The van der Waals surface area contributed by atoms with Gasteiger partial charge in [-0.2, -0.15) is 18.4 Å². The number of amides is 2. The summed E-state index contributed by atoms with van der Waals surface area (Å²) >= 11 is 0. The van der Waals surface area contributed by atoms with Crippen LogP contribution in [0.4, 0.5) is 13.2 Å². The van der Waals surface area contributed by atoms with Crippen LogP contribution in [0.25, 0.3) is 0 Å². The average molecular weight is 484 g/mol. The van der Waals surface area contributed by atoms with E-state index in [9.17, 15) is 22.8 Å². The van der Waals surface area contributed by atoms with E-state index >= 15 is 0 Å². The maximum absolute atomic E-state index is 13.9. The third-order valence-electron chi connectivity index (χ3n) is 5.63. The molecule has 0 aliphatic carbocycles. The molecule has 0 aromatic heterocycles. The number of β-amino-alcohol motifs (C(OH)–C–C–N with tert-alkyl or cyclic N) is 1. The number of nitrogens with zero attached hydrogens (tertiary/aromatic N) is 3. The summed E-state index contributed by atoms with van der Waals surface area (Å²) in [4.78, 5) is 28.8. The van der Waals surface area contributed by atoms with Crippen LogP contribution in [0.3, 0.4) is 0 Å². The van der Waals surface area contributed by atoms with Crippen LogP contribution in [-0.4, -0.2) is 84.8 Å². The van der Waals surface area contributed by atoms with Gasteiger partial charge in [0.15, 0.2) is 0 Å². The minimum Gasteiger partial charge on any atom is -0.395 e. The minimum absolute atomic E-state index is 0.0435. The van der Waals surface area contributed by atoms with Gasteiger partial charge in [0.1, 0.15) is 12.6 Å². The molecule has 1 fully saturated rings. The number of rotatable bonds is 10. The predicted octanol–water partition coefficient (Wildman–Crippen LogP) is 1.68. The lowest BCUT2D eigenvalue weighted by atomic mass is 9.98. The molecule has 0 bridgehead atoms. The van der Waals surface area contributed by atoms with Crippen LogP contribution < -0.4 is 10.6 Å². The molecule has 0 radical (unpaired) electrons. The van der Waals surface area contributed by atoms with Crippen molar-refractivity contribution in [3.63, 3.8) is 0 Å². The molecular weight excluding hydrogens is 451 g/mol. The number of benzene rings is 1. The molecule has 0 spiro atoms. The summed E-state index contributed by atoms with van der Waals surface area (Å²) in [6.45, 7) is 6.06. The second kappa shape index (κ2) is 12.7. The SMILES string of the molecule is CC(C)C[C@H](NC(c1ccc(C(=O)N2CCN(CCO)CC2)cc1)C(F)(F)F)C(=O)NCC#N. The smallest absolute Gasteiger partial charge is 0.395 e. The fraction of sp³-hybridized carbons (Fsp3) is 0.609. The molecule has 1 aromatic rings. The molecule has 188 valence electrons. The summed E-state index contributed by atoms with van der Waals surface area (Å²) in [6.07, 6.45) is -4.53. The third kappa shape index (κ3) is 7.97. The third-order valence-corrected chi connectivity index (χ3v) is 5.63. The van der Waals surface area contributed by atoms with Crippen LogP contribution in [0.1, 0.15) is 42.2 Å². The maximum atomic E-state index is 13.9. The van der Waals surface area contributed by atoms with Gasteiger partial charge in [-0.3, -0.25) is 19.8 Å². The number of alkyl halides is 3. The van der Waals surface area contributed by atoms with E-state index < -0.39 is 24.2 Å². The summed E-state index contributed by atoms with van der Waals surface area (Å²) < 4.78 is 41.8. The molecule has 1 saturated heterocycles. The van der Waals surface area contributed by atoms with E-state index in [1.165, 1.54) is 24.3 Å². The van der Waals surface area contributed by atoms with Gasteiger partial charge in [0.2, 0.25) is 5.91 Å². The second-order valence-electron chi connectivity index (χ2n) is 8.68. The zero-order valence-corrected chi connectivity index (χ0v) is 19.4. The first-order valence-electron chi connectivity index (χ1n) is 11.3. The molecule has 11 heteroatoms. The molecule has 0 saturated carbocycles. The van der Waals surface area contributed by atoms with Gasteiger partial charge in [-0.25, -0.2) is 0 Å². The van der Waals surface area contributed by atoms with Crippen molar-refractivity contribution in [1.29, 1.82) is 5.26 Å². The lowest BCUT2D eigenvalue weighted by Gasteiger charge is -2.34. The summed E-state index contributed by atoms with van der Waals surface area (Å²) in [7, 11) is 0. The van der Waals surface area contributed by atoms with Gasteiger partial charge in [-0.1, -0.05) is 26.0 Å². The quantitative estimate of drug-likeness (QED) is 0.437. The highest BCUT2D eigenvalue weighted by atomic mass is 19.4. The van der Waals surface area contributed by atoms with Crippen LogP contribution in [0.15, 0.2) is 24.3 Å². The Morgan fingerprint density at radius 1 is 1.15 bits per heavy atom. The molecule has 34 heavy (non-hydrogen) atoms. The molecule has 2 amide bonds. The Balaban J connectivity index is 2.15. The number of aliphatic hydroxyl groups is 1. The summed E-state index contributed by atoms with van der Waals surface area (Å²) in [5.74, 6) is -0.992. The van der Waals surface area contributed by atoms with E-state index in [4.69, 9.17) is 10.4 Å². The van der Waals surface area contributed by atoms with E-state index in [0.29, 0.717) is 32.7 Å². The Morgan fingerprint density at radius 3 is 2.26 bits per heavy atom. The molecule has 1 aliphatic heterocycles. The van der Waals surface area contributed by atoms with Crippen molar-refractivity contribution in [3.8, 4) is 6.07 Å². The Morgan fingerprint density at radius 2 is 1.76 bits per heavy atom. The fourth-order valence-corrected chi connectivity index (χ4v) is 3.87. The first-order valence-corrected chi connectivity index (χ1v) is 11.3. The number of hydrogen-bond donors (Lipinski definition) is 3. The largest absolute Gasteiger partial charge is 0.407 e. The van der Waals surface area contributed by atoms with Crippen molar-refractivity contribution in [2.45, 2.75) is 38.5 Å². The number of piperazine rings is 1. The Labute approximate surface area is 197 Å². The van der Waals surface area contributed by atoms with E-state index in [1.807, 2.05) is 4.90 Å². The Bertz CT molecular complexity index is 847. The highest BCUT2D eigenvalue weighted by Gasteiger charge is 2.43. The van der Waals surface area contributed by atoms with Gasteiger partial charge in [0.25, 0.3) is 5.91 Å². The van der Waals surface area contributed by atoms with E-state index in [0.717, 1.165) is 0 Å². The lowest BCUT2D eigenvalue weighted by Crippen LogP contribution is -2.49. The molecule has 3 N–H and O–H groups in total. The summed E-state index contributed by atoms with van der Waals surface area (Å²) in [6, 6.07) is 3.72. The van der Waals surface area contributed by atoms with Gasteiger partial charge < -0.3 is 15.3 Å². The summed E-state index contributed by atoms with van der Waals surface area (Å²) in [5, 5.41) is 22.4. The maximum Gasteiger partial charge on any atom is 0.407 e. The van der Waals surface area contributed by atoms with E-state index in [1.54, 1.807) is 24.8 Å². The molecule has 1 unspecified atom stereocenters. The van der Waals surface area contributed by atoms with Crippen molar-refractivity contribution in [1.82, 2.24) is 20.4 Å². The van der Waals surface area contributed by atoms with Gasteiger partial charge in [-0.05, 0) is 30.0 Å². The van der Waals surface area contributed by atoms with Crippen molar-refractivity contribution >= 4 is 11.8 Å². The topological polar surface area (TPSA) is 109 Å². The Hall–Kier alpha value is -2.68. The molecule has 1 aliphatic rings. The fourth-order valence-electron chi connectivity index (χ4n) is 3.87. The average Bonchev–Trinajstić information content (AvgIpc) is 2.79. The van der Waals surface area contributed by atoms with Crippen molar-refractivity contribution < 1.29 is 27.9 Å². The Kier molecular flexibility index (Phi) is 10.3. The standard InChI is InChI=1S/C23H32F3N5O3/c1-16(2)15-19(21(33)28-8-7-27)29-20(23(24,25)26)17-3-5-18(6-4-17)22(34)31-11-9-30(10-12-31)13-14-32/h3-6,16,19-20,29,32H,8-15H2,1-2H3,(H,28,33)/t19-,20?/m0/s1. The molecule has 2 atom stereocenters. The van der Waals surface area contributed by atoms with Crippen molar-refractivity contribution in [2.75, 3.05) is 45.9 Å². The number of halogens is 3. The number of carbonyl (C=O) groups excluding carboxylic acids is 2. The van der Waals surface area contributed by atoms with E-state index in [-0.39, 0.29) is 42.5 Å². The van der Waals surface area contributed by atoms with Gasteiger partial charge >= 0.3 is 6.18 Å². The molecule has 8 nitrogen and oxygen atoms in total. The minimum atomic E-state index is -4.68. The van der Waals surface area contributed by atoms with Crippen LogP contribution >= 0.6 is 0 Å². The molecule has 2 rings (SSSR count). The normalized spacial score (nSPS) is 16.7. The lowest BCUT2D eigenvalue weighted by molar-refractivity contribution is -0.161. The highest BCUT2D eigenvalue weighted by molar-refractivity contribution is 5.94. The number of aliphatic hydroxyl groups excluding tert-OH is 1. The van der Waals surface area contributed by atoms with Gasteiger partial charge in [-0.15, -0.1) is 0 Å². The van der Waals surface area contributed by atoms with Crippen LogP contribution in [-0.2, 0) is 4.79 Å². The van der Waals surface area contributed by atoms with Crippen LogP contribution in [0, 0.1) is 17.2 Å². The van der Waals surface area contributed by atoms with Gasteiger partial charge in [0.05, 0.1) is 18.7 Å². The molecule has 1 aromatic carbocycles. The molecular formula is C23H32F3N5O3. The first kappa shape index (κ1) is 27.6. The highest BCUT2D eigenvalue weighted by Crippen LogP contribution is 2.34. The zero-order valence-electron chi connectivity index (χ0n) is 19.4. The second-order valence-corrected chi connectivity index (χ2v) is 8.68. The number of nitriles is 1. The number of hydrogen-bond acceptors (Lipinski definition) is 6. The van der Waals surface area contributed by atoms with Gasteiger partial charge in [0, 0.05) is 38.3 Å². The molecule has 1 heterocycles. The first-order chi connectivity index (χ1) is 16.1. The monoisotopic (exact) mass is 483 g/mol.